The minimum Gasteiger partial charge on any atom is -0.483 e. The molecule has 9 nitrogen and oxygen atoms in total. The van der Waals surface area contributed by atoms with Gasteiger partial charge in [-0.2, -0.15) is 4.31 Å². The summed E-state index contributed by atoms with van der Waals surface area (Å²) in [5, 5.41) is 0.590. The van der Waals surface area contributed by atoms with Crippen molar-refractivity contribution in [2.75, 3.05) is 32.8 Å². The standard InChI is InChI=1S/C21H22ClN3O6S/c1-14-11-15(22)3-6-18(14)30-13-20(26)24-7-9-25(10-8-24)32(28,29)16-4-5-17-19(12-16)31-21(27)23(17)2/h3-6,11-12H,7-10,13H2,1-2H3. The van der Waals surface area contributed by atoms with Crippen molar-refractivity contribution in [1.82, 2.24) is 13.8 Å². The number of aryl methyl sites for hydroxylation is 2. The molecular weight excluding hydrogens is 458 g/mol. The SMILES string of the molecule is Cc1cc(Cl)ccc1OCC(=O)N1CCN(S(=O)(=O)c2ccc3c(c2)oc(=O)n3C)CC1. The quantitative estimate of drug-likeness (QED) is 0.554. The van der Waals surface area contributed by atoms with E-state index < -0.39 is 15.8 Å². The second-order valence-corrected chi connectivity index (χ2v) is 9.91. The van der Waals surface area contributed by atoms with Gasteiger partial charge in [-0.05, 0) is 42.8 Å². The highest BCUT2D eigenvalue weighted by Crippen LogP contribution is 2.23. The van der Waals surface area contributed by atoms with Gasteiger partial charge in [-0.25, -0.2) is 13.2 Å². The summed E-state index contributed by atoms with van der Waals surface area (Å²) in [6, 6.07) is 9.50. The second-order valence-electron chi connectivity index (χ2n) is 7.54. The van der Waals surface area contributed by atoms with Crippen LogP contribution in [0.4, 0.5) is 0 Å². The number of carbonyl (C=O) groups is 1. The molecule has 1 fully saturated rings. The van der Waals surface area contributed by atoms with Crippen LogP contribution in [0.1, 0.15) is 5.56 Å². The molecule has 0 unspecified atom stereocenters. The predicted octanol–water partition coefficient (Wildman–Crippen LogP) is 2.01. The van der Waals surface area contributed by atoms with E-state index in [-0.39, 0.29) is 49.2 Å². The largest absolute Gasteiger partial charge is 0.483 e. The summed E-state index contributed by atoms with van der Waals surface area (Å²) in [5.74, 6) is -0.200. The minimum absolute atomic E-state index is 0.0423. The number of sulfonamides is 1. The van der Waals surface area contributed by atoms with Crippen LogP contribution in [0.3, 0.4) is 0 Å². The fraction of sp³-hybridized carbons (Fsp3) is 0.333. The van der Waals surface area contributed by atoms with Crippen molar-refractivity contribution in [3.8, 4) is 5.75 Å². The van der Waals surface area contributed by atoms with Gasteiger partial charge in [0.15, 0.2) is 12.2 Å². The maximum absolute atomic E-state index is 13.0. The van der Waals surface area contributed by atoms with Crippen molar-refractivity contribution in [3.05, 3.63) is 57.5 Å². The summed E-state index contributed by atoms with van der Waals surface area (Å²) in [5.41, 5.74) is 1.55. The van der Waals surface area contributed by atoms with Gasteiger partial charge in [-0.1, -0.05) is 11.6 Å². The Morgan fingerprint density at radius 2 is 1.84 bits per heavy atom. The Balaban J connectivity index is 1.39. The van der Waals surface area contributed by atoms with E-state index in [0.717, 1.165) is 5.56 Å². The number of fused-ring (bicyclic) bond motifs is 1. The van der Waals surface area contributed by atoms with Crippen LogP contribution < -0.4 is 10.5 Å². The number of oxazole rings is 1. The predicted molar refractivity (Wildman–Crippen MR) is 118 cm³/mol. The van der Waals surface area contributed by atoms with Crippen molar-refractivity contribution in [1.29, 1.82) is 0 Å². The number of carbonyl (C=O) groups excluding carboxylic acids is 1. The highest BCUT2D eigenvalue weighted by Gasteiger charge is 2.30. The Morgan fingerprint density at radius 3 is 2.53 bits per heavy atom. The molecule has 0 radical (unpaired) electrons. The molecule has 2 heterocycles. The molecule has 11 heteroatoms. The van der Waals surface area contributed by atoms with Gasteiger partial charge < -0.3 is 14.1 Å². The lowest BCUT2D eigenvalue weighted by molar-refractivity contribution is -0.134. The summed E-state index contributed by atoms with van der Waals surface area (Å²) >= 11 is 5.93. The zero-order valence-corrected chi connectivity index (χ0v) is 19.1. The number of nitrogens with zero attached hydrogens (tertiary/aromatic N) is 3. The molecule has 0 saturated carbocycles. The first-order chi connectivity index (χ1) is 15.2. The van der Waals surface area contributed by atoms with E-state index in [1.54, 1.807) is 36.2 Å². The summed E-state index contributed by atoms with van der Waals surface area (Å²) in [6.07, 6.45) is 0. The molecule has 0 spiro atoms. The molecule has 1 aliphatic rings. The highest BCUT2D eigenvalue weighted by molar-refractivity contribution is 7.89. The molecular formula is C21H22ClN3O6S. The third-order valence-corrected chi connectivity index (χ3v) is 7.61. The van der Waals surface area contributed by atoms with E-state index >= 15 is 0 Å². The topological polar surface area (TPSA) is 102 Å². The van der Waals surface area contributed by atoms with Gasteiger partial charge in [0, 0.05) is 44.3 Å². The lowest BCUT2D eigenvalue weighted by Gasteiger charge is -2.34. The Morgan fingerprint density at radius 1 is 1.12 bits per heavy atom. The molecule has 0 N–H and O–H groups in total. The zero-order chi connectivity index (χ0) is 23.0. The first-order valence-electron chi connectivity index (χ1n) is 9.93. The Hall–Kier alpha value is -2.82. The van der Waals surface area contributed by atoms with Crippen molar-refractivity contribution in [2.24, 2.45) is 7.05 Å². The van der Waals surface area contributed by atoms with E-state index in [2.05, 4.69) is 0 Å². The average molecular weight is 480 g/mol. The van der Waals surface area contributed by atoms with Crippen LogP contribution in [-0.2, 0) is 21.9 Å². The van der Waals surface area contributed by atoms with E-state index in [0.29, 0.717) is 16.3 Å². The molecule has 2 aromatic carbocycles. The fourth-order valence-electron chi connectivity index (χ4n) is 3.61. The molecule has 1 aromatic heterocycles. The van der Waals surface area contributed by atoms with Crippen LogP contribution >= 0.6 is 11.6 Å². The smallest absolute Gasteiger partial charge is 0.419 e. The zero-order valence-electron chi connectivity index (χ0n) is 17.6. The first kappa shape index (κ1) is 22.4. The van der Waals surface area contributed by atoms with Crippen molar-refractivity contribution >= 4 is 38.6 Å². The average Bonchev–Trinajstić information content (AvgIpc) is 3.06. The van der Waals surface area contributed by atoms with Crippen molar-refractivity contribution in [2.45, 2.75) is 11.8 Å². The van der Waals surface area contributed by atoms with Crippen LogP contribution in [0.15, 0.2) is 50.5 Å². The van der Waals surface area contributed by atoms with Gasteiger partial charge in [-0.3, -0.25) is 9.36 Å². The van der Waals surface area contributed by atoms with Gasteiger partial charge in [-0.15, -0.1) is 0 Å². The molecule has 1 aliphatic heterocycles. The van der Waals surface area contributed by atoms with E-state index in [4.69, 9.17) is 20.8 Å². The molecule has 0 atom stereocenters. The number of benzene rings is 2. The molecule has 0 aliphatic carbocycles. The Bertz CT molecular complexity index is 1340. The summed E-state index contributed by atoms with van der Waals surface area (Å²) in [6.45, 7) is 2.52. The lowest BCUT2D eigenvalue weighted by atomic mass is 10.2. The Kier molecular flexibility index (Phi) is 6.02. The monoisotopic (exact) mass is 479 g/mol. The molecule has 0 bridgehead atoms. The number of aromatic nitrogens is 1. The molecule has 4 rings (SSSR count). The van der Waals surface area contributed by atoms with Crippen LogP contribution in [0.5, 0.6) is 5.75 Å². The molecule has 170 valence electrons. The van der Waals surface area contributed by atoms with Crippen LogP contribution in [0.25, 0.3) is 11.1 Å². The number of piperazine rings is 1. The van der Waals surface area contributed by atoms with E-state index in [1.165, 1.54) is 21.0 Å². The molecule has 1 saturated heterocycles. The van der Waals surface area contributed by atoms with Crippen LogP contribution in [0, 0.1) is 6.92 Å². The fourth-order valence-corrected chi connectivity index (χ4v) is 5.27. The third-order valence-electron chi connectivity index (χ3n) is 5.48. The van der Waals surface area contributed by atoms with Crippen LogP contribution in [0.2, 0.25) is 5.02 Å². The normalized spacial score (nSPS) is 15.3. The number of ether oxygens (including phenoxy) is 1. The second kappa shape index (κ2) is 8.61. The lowest BCUT2D eigenvalue weighted by Crippen LogP contribution is -2.51. The maximum Gasteiger partial charge on any atom is 0.419 e. The highest BCUT2D eigenvalue weighted by atomic mass is 35.5. The van der Waals surface area contributed by atoms with E-state index in [9.17, 15) is 18.0 Å². The van der Waals surface area contributed by atoms with Crippen molar-refractivity contribution < 1.29 is 22.4 Å². The molecule has 1 amide bonds. The van der Waals surface area contributed by atoms with Crippen molar-refractivity contribution in [3.63, 3.8) is 0 Å². The van der Waals surface area contributed by atoms with Crippen LogP contribution in [-0.4, -0.2) is 60.9 Å². The number of rotatable bonds is 5. The van der Waals surface area contributed by atoms with Gasteiger partial charge in [0.2, 0.25) is 10.0 Å². The summed E-state index contributed by atoms with van der Waals surface area (Å²) in [7, 11) is -2.24. The van der Waals surface area contributed by atoms with Gasteiger partial charge in [0.05, 0.1) is 10.4 Å². The first-order valence-corrected chi connectivity index (χ1v) is 11.7. The number of amides is 1. The molecule has 3 aromatic rings. The number of hydrogen-bond donors (Lipinski definition) is 0. The third kappa shape index (κ3) is 4.25. The summed E-state index contributed by atoms with van der Waals surface area (Å²) < 4.78 is 39.4. The van der Waals surface area contributed by atoms with Gasteiger partial charge >= 0.3 is 5.76 Å². The number of halogens is 1. The number of hydrogen-bond acceptors (Lipinski definition) is 6. The van der Waals surface area contributed by atoms with Gasteiger partial charge in [0.1, 0.15) is 5.75 Å². The Labute approximate surface area is 189 Å². The van der Waals surface area contributed by atoms with Gasteiger partial charge in [0.25, 0.3) is 5.91 Å². The van der Waals surface area contributed by atoms with E-state index in [1.807, 2.05) is 6.92 Å². The molecule has 32 heavy (non-hydrogen) atoms. The maximum atomic E-state index is 13.0. The summed E-state index contributed by atoms with van der Waals surface area (Å²) in [4.78, 5) is 25.8. The minimum atomic E-state index is -3.79.